The molecule has 0 aliphatic heterocycles. The molecule has 0 fully saturated rings. The number of nitrogen functional groups attached to an aromatic ring is 1. The molecule has 2 aromatic carbocycles. The van der Waals surface area contributed by atoms with Gasteiger partial charge in [-0.2, -0.15) is 4.57 Å². The summed E-state index contributed by atoms with van der Waals surface area (Å²) in [5.41, 5.74) is 11.3. The van der Waals surface area contributed by atoms with Crippen molar-refractivity contribution in [3.63, 3.8) is 0 Å². The summed E-state index contributed by atoms with van der Waals surface area (Å²) < 4.78 is 1.99. The Kier molecular flexibility index (Phi) is 3.00. The van der Waals surface area contributed by atoms with Crippen molar-refractivity contribution in [1.29, 1.82) is 0 Å². The summed E-state index contributed by atoms with van der Waals surface area (Å²) in [5.74, 6) is 0.235. The number of aryl methyl sites for hydroxylation is 2. The minimum Gasteiger partial charge on any atom is -0.870 e. The zero-order valence-electron chi connectivity index (χ0n) is 10.8. The molecule has 0 aliphatic rings. The number of hydrogen-bond acceptors (Lipinski definition) is 4. The van der Waals surface area contributed by atoms with Gasteiger partial charge in [0.05, 0.1) is 6.07 Å². The molecule has 1 heterocycles. The first-order valence-electron chi connectivity index (χ1n) is 5.75. The van der Waals surface area contributed by atoms with Crippen LogP contribution in [0.5, 0.6) is 5.75 Å². The summed E-state index contributed by atoms with van der Waals surface area (Å²) in [7, 11) is 1.94. The number of phenolic OH excluding ortho intramolecular Hbond substituents is 1. The molecule has 0 unspecified atom stereocenters. The van der Waals surface area contributed by atoms with E-state index in [1.54, 1.807) is 12.1 Å². The predicted molar refractivity (Wildman–Crippen MR) is 73.2 cm³/mol. The molecule has 0 spiro atoms. The number of aromatic hydroxyl groups is 1. The number of anilines is 1. The lowest BCUT2D eigenvalue weighted by molar-refractivity contribution is -0.617. The van der Waals surface area contributed by atoms with E-state index in [2.05, 4.69) is 4.98 Å². The summed E-state index contributed by atoms with van der Waals surface area (Å²) in [6.45, 7) is 1.97. The van der Waals surface area contributed by atoms with Gasteiger partial charge in [0.15, 0.2) is 0 Å². The molecule has 0 aliphatic carbocycles. The second kappa shape index (κ2) is 4.37. The molecular formula is C14H15N3O2. The Bertz CT molecular complexity index is 785. The van der Waals surface area contributed by atoms with E-state index in [1.165, 1.54) is 0 Å². The Balaban J connectivity index is 0.00000133. The highest BCUT2D eigenvalue weighted by atomic mass is 16.3. The number of nitrogens with two attached hydrogens (primary N) is 1. The molecule has 0 amide bonds. The summed E-state index contributed by atoms with van der Waals surface area (Å²) in [6.07, 6.45) is 0. The van der Waals surface area contributed by atoms with E-state index >= 15 is 0 Å². The Morgan fingerprint density at radius 2 is 1.79 bits per heavy atom. The third-order valence-electron chi connectivity index (χ3n) is 3.29. The molecule has 0 saturated heterocycles. The number of fused-ring (bicyclic) bond motifs is 2. The summed E-state index contributed by atoms with van der Waals surface area (Å²) in [4.78, 5) is 4.59. The number of benzene rings is 2. The molecule has 98 valence electrons. The number of phenols is 1. The van der Waals surface area contributed by atoms with Crippen LogP contribution in [-0.2, 0) is 7.05 Å². The van der Waals surface area contributed by atoms with Gasteiger partial charge in [-0.25, -0.2) is 4.98 Å². The molecule has 0 atom stereocenters. The molecule has 3 rings (SSSR count). The maximum atomic E-state index is 9.56. The van der Waals surface area contributed by atoms with E-state index in [0.717, 1.165) is 33.3 Å². The van der Waals surface area contributed by atoms with Gasteiger partial charge >= 0.3 is 0 Å². The molecule has 5 nitrogen and oxygen atoms in total. The third kappa shape index (κ3) is 1.94. The first-order valence-corrected chi connectivity index (χ1v) is 5.75. The van der Waals surface area contributed by atoms with Crippen LogP contribution in [0.4, 0.5) is 5.69 Å². The second-order valence-electron chi connectivity index (χ2n) is 4.54. The van der Waals surface area contributed by atoms with Crippen molar-refractivity contribution in [2.75, 3.05) is 5.73 Å². The zero-order valence-corrected chi connectivity index (χ0v) is 10.8. The smallest absolute Gasteiger partial charge is 0.235 e. The van der Waals surface area contributed by atoms with Crippen LogP contribution in [0.15, 0.2) is 30.3 Å². The molecule has 3 aromatic rings. The topological polar surface area (TPSA) is 93.0 Å². The summed E-state index contributed by atoms with van der Waals surface area (Å²) in [5, 5.41) is 9.56. The van der Waals surface area contributed by atoms with Gasteiger partial charge in [0.25, 0.3) is 0 Å². The van der Waals surface area contributed by atoms with E-state index in [9.17, 15) is 5.11 Å². The van der Waals surface area contributed by atoms with Crippen LogP contribution >= 0.6 is 0 Å². The molecule has 0 radical (unpaired) electrons. The molecular weight excluding hydrogens is 242 g/mol. The van der Waals surface area contributed by atoms with Gasteiger partial charge in [0.1, 0.15) is 23.8 Å². The average molecular weight is 257 g/mol. The van der Waals surface area contributed by atoms with Crippen LogP contribution in [0.1, 0.15) is 5.56 Å². The second-order valence-corrected chi connectivity index (χ2v) is 4.54. The quantitative estimate of drug-likeness (QED) is 0.363. The maximum Gasteiger partial charge on any atom is 0.235 e. The van der Waals surface area contributed by atoms with Crippen LogP contribution in [0.3, 0.4) is 0 Å². The highest BCUT2D eigenvalue weighted by Gasteiger charge is 2.14. The first kappa shape index (κ1) is 13.0. The fourth-order valence-electron chi connectivity index (χ4n) is 2.19. The number of nitrogens with zero attached hydrogens (tertiary/aromatic N) is 2. The lowest BCUT2D eigenvalue weighted by Gasteiger charge is -2.04. The van der Waals surface area contributed by atoms with Crippen LogP contribution in [0, 0.1) is 6.92 Å². The Morgan fingerprint density at radius 3 is 2.53 bits per heavy atom. The van der Waals surface area contributed by atoms with Crippen LogP contribution in [0.2, 0.25) is 0 Å². The SMILES string of the molecule is Cc1cc2nc3ccc(O)cc3[n+](C)c2cc1N.[OH-]. The molecule has 0 bridgehead atoms. The van der Waals surface area contributed by atoms with Crippen molar-refractivity contribution in [1.82, 2.24) is 4.98 Å². The van der Waals surface area contributed by atoms with Gasteiger partial charge in [-0.05, 0) is 30.7 Å². The molecule has 19 heavy (non-hydrogen) atoms. The molecule has 4 N–H and O–H groups in total. The van der Waals surface area contributed by atoms with E-state index in [0.29, 0.717) is 0 Å². The average Bonchev–Trinajstić information content (AvgIpc) is 2.33. The monoisotopic (exact) mass is 257 g/mol. The number of aromatic nitrogens is 2. The van der Waals surface area contributed by atoms with Gasteiger partial charge < -0.3 is 16.3 Å². The molecule has 0 saturated carbocycles. The minimum absolute atomic E-state index is 0. The Labute approximate surface area is 110 Å². The van der Waals surface area contributed by atoms with Crippen LogP contribution in [-0.4, -0.2) is 15.6 Å². The lowest BCUT2D eigenvalue weighted by Crippen LogP contribution is -2.30. The van der Waals surface area contributed by atoms with Crippen molar-refractivity contribution in [2.45, 2.75) is 6.92 Å². The van der Waals surface area contributed by atoms with Gasteiger partial charge in [0, 0.05) is 11.8 Å². The predicted octanol–water partition coefficient (Wildman–Crippen LogP) is 1.63. The van der Waals surface area contributed by atoms with Gasteiger partial charge in [-0.15, -0.1) is 0 Å². The van der Waals surface area contributed by atoms with Crippen LogP contribution in [0.25, 0.3) is 22.1 Å². The van der Waals surface area contributed by atoms with Gasteiger partial charge in [-0.1, -0.05) is 0 Å². The van der Waals surface area contributed by atoms with E-state index in [1.807, 2.05) is 36.7 Å². The fourth-order valence-corrected chi connectivity index (χ4v) is 2.19. The van der Waals surface area contributed by atoms with Crippen LogP contribution < -0.4 is 10.3 Å². The van der Waals surface area contributed by atoms with Gasteiger partial charge in [-0.3, -0.25) is 0 Å². The fraction of sp³-hybridized carbons (Fsp3) is 0.143. The van der Waals surface area contributed by atoms with Crippen molar-refractivity contribution < 1.29 is 15.1 Å². The van der Waals surface area contributed by atoms with Crippen molar-refractivity contribution >= 4 is 27.8 Å². The maximum absolute atomic E-state index is 9.56. The first-order chi connectivity index (χ1) is 8.56. The zero-order chi connectivity index (χ0) is 12.9. The van der Waals surface area contributed by atoms with Crippen molar-refractivity contribution in [3.05, 3.63) is 35.9 Å². The van der Waals surface area contributed by atoms with E-state index in [-0.39, 0.29) is 11.2 Å². The highest BCUT2D eigenvalue weighted by molar-refractivity contribution is 5.84. The largest absolute Gasteiger partial charge is 0.870 e. The van der Waals surface area contributed by atoms with Crippen molar-refractivity contribution in [3.8, 4) is 5.75 Å². The Hall–Kier alpha value is -2.40. The van der Waals surface area contributed by atoms with Crippen molar-refractivity contribution in [2.24, 2.45) is 7.05 Å². The standard InChI is InChI=1S/C14H13N3O.H2O/c1-8-5-12-14(7-10(8)15)17(2)13-6-9(18)3-4-11(13)16-12;/h3-7H,1-2H3,(H2,15,18);1H2. The normalized spacial score (nSPS) is 10.6. The summed E-state index contributed by atoms with van der Waals surface area (Å²) >= 11 is 0. The minimum atomic E-state index is 0. The molecule has 1 aromatic heterocycles. The van der Waals surface area contributed by atoms with E-state index in [4.69, 9.17) is 5.73 Å². The Morgan fingerprint density at radius 1 is 1.11 bits per heavy atom. The number of rotatable bonds is 0. The van der Waals surface area contributed by atoms with E-state index < -0.39 is 0 Å². The van der Waals surface area contributed by atoms with Gasteiger partial charge in [0.2, 0.25) is 11.0 Å². The third-order valence-corrected chi connectivity index (χ3v) is 3.29. The summed E-state index contributed by atoms with van der Waals surface area (Å²) in [6, 6.07) is 9.07. The number of hydrogen-bond donors (Lipinski definition) is 2. The highest BCUT2D eigenvalue weighted by Crippen LogP contribution is 2.21. The lowest BCUT2D eigenvalue weighted by atomic mass is 10.1. The molecule has 5 heteroatoms.